The third-order valence-corrected chi connectivity index (χ3v) is 3.93. The predicted octanol–water partition coefficient (Wildman–Crippen LogP) is 3.40. The zero-order chi connectivity index (χ0) is 16.7. The number of rotatable bonds is 8. The summed E-state index contributed by atoms with van der Waals surface area (Å²) in [7, 11) is 8.81. The van der Waals surface area contributed by atoms with Gasteiger partial charge in [-0.3, -0.25) is 0 Å². The molecular weight excluding hydrogens is 284 g/mol. The summed E-state index contributed by atoms with van der Waals surface area (Å²) in [5.41, 5.74) is 2.54. The van der Waals surface area contributed by atoms with Crippen molar-refractivity contribution in [1.82, 2.24) is 4.90 Å². The zero-order valence-electron chi connectivity index (χ0n) is 14.8. The lowest BCUT2D eigenvalue weighted by atomic mass is 10.2. The molecule has 23 heavy (non-hydrogen) atoms. The van der Waals surface area contributed by atoms with E-state index in [4.69, 9.17) is 4.74 Å². The Morgan fingerprint density at radius 3 is 2.13 bits per heavy atom. The highest BCUT2D eigenvalue weighted by atomic mass is 16.5. The molecule has 0 fully saturated rings. The van der Waals surface area contributed by atoms with Crippen LogP contribution in [-0.2, 0) is 13.2 Å². The van der Waals surface area contributed by atoms with E-state index in [1.165, 1.54) is 11.1 Å². The molecule has 2 rings (SSSR count). The van der Waals surface area contributed by atoms with E-state index in [-0.39, 0.29) is 0 Å². The van der Waals surface area contributed by atoms with Crippen molar-refractivity contribution in [2.45, 2.75) is 13.2 Å². The number of likely N-dealkylation sites (N-methyl/N-ethyl adjacent to an activating group) is 2. The Labute approximate surface area is 140 Å². The number of quaternary nitrogens is 1. The lowest BCUT2D eigenvalue weighted by Gasteiger charge is -2.31. The summed E-state index contributed by atoms with van der Waals surface area (Å²) in [4.78, 5) is 2.24. The van der Waals surface area contributed by atoms with Gasteiger partial charge in [0, 0.05) is 12.1 Å². The average Bonchev–Trinajstić information content (AvgIpc) is 2.53. The molecule has 0 bridgehead atoms. The largest absolute Gasteiger partial charge is 0.489 e. The molecular formula is C20H29N2O+. The molecule has 0 aliphatic carbocycles. The van der Waals surface area contributed by atoms with Gasteiger partial charge in [-0.25, -0.2) is 0 Å². The summed E-state index contributed by atoms with van der Waals surface area (Å²) < 4.78 is 6.83. The van der Waals surface area contributed by atoms with Gasteiger partial charge in [-0.15, -0.1) is 0 Å². The summed E-state index contributed by atoms with van der Waals surface area (Å²) >= 11 is 0. The minimum absolute atomic E-state index is 0.616. The van der Waals surface area contributed by atoms with Crippen LogP contribution in [0.4, 0.5) is 0 Å². The van der Waals surface area contributed by atoms with Gasteiger partial charge in [0.05, 0.1) is 20.6 Å². The van der Waals surface area contributed by atoms with Gasteiger partial charge >= 0.3 is 0 Å². The Bertz CT molecular complexity index is 576. The van der Waals surface area contributed by atoms with Gasteiger partial charge in [0.15, 0.2) is 0 Å². The Kier molecular flexibility index (Phi) is 6.20. The summed E-state index contributed by atoms with van der Waals surface area (Å²) in [6.45, 7) is 3.89. The molecule has 0 amide bonds. The first-order valence-electron chi connectivity index (χ1n) is 8.17. The zero-order valence-corrected chi connectivity index (χ0v) is 14.8. The fourth-order valence-electron chi connectivity index (χ4n) is 2.48. The van der Waals surface area contributed by atoms with Crippen LogP contribution in [0.1, 0.15) is 11.1 Å². The SMILES string of the molecule is CN(C)CC[N+](C)(C)Cc1ccc(OCc2ccccc2)cc1. The van der Waals surface area contributed by atoms with Crippen LogP contribution in [0, 0.1) is 0 Å². The van der Waals surface area contributed by atoms with Gasteiger partial charge in [0.1, 0.15) is 18.9 Å². The van der Waals surface area contributed by atoms with E-state index in [1.807, 2.05) is 18.2 Å². The highest BCUT2D eigenvalue weighted by Crippen LogP contribution is 2.16. The molecule has 0 atom stereocenters. The van der Waals surface area contributed by atoms with E-state index in [0.29, 0.717) is 6.61 Å². The third-order valence-electron chi connectivity index (χ3n) is 3.93. The van der Waals surface area contributed by atoms with Crippen molar-refractivity contribution in [3.05, 3.63) is 65.7 Å². The van der Waals surface area contributed by atoms with E-state index < -0.39 is 0 Å². The number of benzene rings is 2. The second kappa shape index (κ2) is 8.14. The van der Waals surface area contributed by atoms with Crippen LogP contribution in [0.25, 0.3) is 0 Å². The van der Waals surface area contributed by atoms with E-state index >= 15 is 0 Å². The molecule has 0 saturated heterocycles. The monoisotopic (exact) mass is 313 g/mol. The topological polar surface area (TPSA) is 12.5 Å². The summed E-state index contributed by atoms with van der Waals surface area (Å²) in [6, 6.07) is 18.8. The number of hydrogen-bond acceptors (Lipinski definition) is 2. The Morgan fingerprint density at radius 1 is 0.870 bits per heavy atom. The first kappa shape index (κ1) is 17.5. The lowest BCUT2D eigenvalue weighted by molar-refractivity contribution is -0.903. The van der Waals surface area contributed by atoms with Crippen molar-refractivity contribution in [2.24, 2.45) is 0 Å². The summed E-state index contributed by atoms with van der Waals surface area (Å²) in [5.74, 6) is 0.927. The molecule has 3 nitrogen and oxygen atoms in total. The van der Waals surface area contributed by atoms with Crippen molar-refractivity contribution >= 4 is 0 Å². The second-order valence-electron chi connectivity index (χ2n) is 7.04. The van der Waals surface area contributed by atoms with Crippen LogP contribution in [0.5, 0.6) is 5.75 Å². The number of ether oxygens (including phenoxy) is 1. The molecule has 0 aliphatic heterocycles. The highest BCUT2D eigenvalue weighted by molar-refractivity contribution is 5.27. The molecule has 0 heterocycles. The first-order valence-corrected chi connectivity index (χ1v) is 8.17. The van der Waals surface area contributed by atoms with Crippen LogP contribution in [0.2, 0.25) is 0 Å². The minimum Gasteiger partial charge on any atom is -0.489 e. The van der Waals surface area contributed by atoms with Crippen molar-refractivity contribution in [1.29, 1.82) is 0 Å². The Hall–Kier alpha value is -1.84. The molecule has 0 radical (unpaired) electrons. The first-order chi connectivity index (χ1) is 10.9. The van der Waals surface area contributed by atoms with Crippen LogP contribution in [0.3, 0.4) is 0 Å². The number of nitrogens with zero attached hydrogens (tertiary/aromatic N) is 2. The van der Waals surface area contributed by atoms with Gasteiger partial charge in [-0.2, -0.15) is 0 Å². The van der Waals surface area contributed by atoms with Crippen molar-refractivity contribution in [2.75, 3.05) is 41.3 Å². The molecule has 124 valence electrons. The van der Waals surface area contributed by atoms with Crippen molar-refractivity contribution in [3.63, 3.8) is 0 Å². The molecule has 0 unspecified atom stereocenters. The van der Waals surface area contributed by atoms with Crippen LogP contribution >= 0.6 is 0 Å². The van der Waals surface area contributed by atoms with Gasteiger partial charge in [0.2, 0.25) is 0 Å². The van der Waals surface area contributed by atoms with E-state index in [2.05, 4.69) is 69.5 Å². The molecule has 2 aromatic rings. The van der Waals surface area contributed by atoms with E-state index in [1.54, 1.807) is 0 Å². The minimum atomic E-state index is 0.616. The second-order valence-corrected chi connectivity index (χ2v) is 7.04. The number of hydrogen-bond donors (Lipinski definition) is 0. The average molecular weight is 313 g/mol. The molecule has 0 spiro atoms. The van der Waals surface area contributed by atoms with Crippen molar-refractivity contribution in [3.8, 4) is 5.75 Å². The van der Waals surface area contributed by atoms with Gasteiger partial charge in [-0.05, 0) is 43.9 Å². The quantitative estimate of drug-likeness (QED) is 0.693. The maximum absolute atomic E-state index is 5.84. The van der Waals surface area contributed by atoms with Gasteiger partial charge in [-0.1, -0.05) is 30.3 Å². The van der Waals surface area contributed by atoms with Crippen LogP contribution in [0.15, 0.2) is 54.6 Å². The van der Waals surface area contributed by atoms with Crippen molar-refractivity contribution < 1.29 is 9.22 Å². The molecule has 0 saturated carbocycles. The Balaban J connectivity index is 1.86. The fourth-order valence-corrected chi connectivity index (χ4v) is 2.48. The Morgan fingerprint density at radius 2 is 1.52 bits per heavy atom. The molecule has 0 aromatic heterocycles. The van der Waals surface area contributed by atoms with Crippen LogP contribution in [-0.4, -0.2) is 50.7 Å². The smallest absolute Gasteiger partial charge is 0.119 e. The summed E-state index contributed by atoms with van der Waals surface area (Å²) in [6.07, 6.45) is 0. The predicted molar refractivity (Wildman–Crippen MR) is 96.4 cm³/mol. The molecule has 2 aromatic carbocycles. The fraction of sp³-hybridized carbons (Fsp3) is 0.400. The molecule has 3 heteroatoms. The van der Waals surface area contributed by atoms with Gasteiger partial charge < -0.3 is 14.1 Å². The van der Waals surface area contributed by atoms with E-state index in [0.717, 1.165) is 29.9 Å². The molecule has 0 N–H and O–H groups in total. The van der Waals surface area contributed by atoms with Gasteiger partial charge in [0.25, 0.3) is 0 Å². The standard InChI is InChI=1S/C20H29N2O/c1-21(2)14-15-22(3,4)16-18-10-12-20(13-11-18)23-17-19-8-6-5-7-9-19/h5-13H,14-17H2,1-4H3/q+1. The third kappa shape index (κ3) is 6.43. The normalized spacial score (nSPS) is 11.7. The lowest BCUT2D eigenvalue weighted by Crippen LogP contribution is -2.43. The highest BCUT2D eigenvalue weighted by Gasteiger charge is 2.15. The van der Waals surface area contributed by atoms with E-state index in [9.17, 15) is 0 Å². The maximum Gasteiger partial charge on any atom is 0.119 e. The molecule has 0 aliphatic rings. The maximum atomic E-state index is 5.84. The van der Waals surface area contributed by atoms with Crippen LogP contribution < -0.4 is 4.74 Å². The summed E-state index contributed by atoms with van der Waals surface area (Å²) in [5, 5.41) is 0.